The predicted octanol–water partition coefficient (Wildman–Crippen LogP) is 2.31. The number of aromatic nitrogens is 2. The Bertz CT molecular complexity index is 317. The van der Waals surface area contributed by atoms with E-state index in [2.05, 4.69) is 23.8 Å². The zero-order chi connectivity index (χ0) is 12.0. The van der Waals surface area contributed by atoms with Gasteiger partial charge >= 0.3 is 0 Å². The number of nitrogens with zero attached hydrogens (tertiary/aromatic N) is 2. The standard InChI is InChI=1S/C12H21N3O/c1-4-5-9(2)6-10(13)11-7-12(16-3)15-8-14-11/h7-10H,4-6,13H2,1-3H3. The second kappa shape index (κ2) is 6.43. The summed E-state index contributed by atoms with van der Waals surface area (Å²) in [7, 11) is 1.59. The second-order valence-corrected chi connectivity index (χ2v) is 4.22. The first-order chi connectivity index (χ1) is 7.67. The molecule has 1 heterocycles. The van der Waals surface area contributed by atoms with E-state index in [4.69, 9.17) is 10.5 Å². The molecule has 0 spiro atoms. The maximum atomic E-state index is 6.10. The number of nitrogens with two attached hydrogens (primary N) is 1. The Hall–Kier alpha value is -1.16. The maximum Gasteiger partial charge on any atom is 0.216 e. The smallest absolute Gasteiger partial charge is 0.216 e. The van der Waals surface area contributed by atoms with Crippen LogP contribution in [0, 0.1) is 5.92 Å². The minimum absolute atomic E-state index is 0.0292. The van der Waals surface area contributed by atoms with Crippen LogP contribution in [0.25, 0.3) is 0 Å². The molecular weight excluding hydrogens is 202 g/mol. The summed E-state index contributed by atoms with van der Waals surface area (Å²) in [5.74, 6) is 1.20. The van der Waals surface area contributed by atoms with Gasteiger partial charge in [0.05, 0.1) is 12.8 Å². The fraction of sp³-hybridized carbons (Fsp3) is 0.667. The van der Waals surface area contributed by atoms with Crippen LogP contribution in [-0.4, -0.2) is 17.1 Å². The zero-order valence-corrected chi connectivity index (χ0v) is 10.3. The Morgan fingerprint density at radius 2 is 2.19 bits per heavy atom. The fourth-order valence-electron chi connectivity index (χ4n) is 1.83. The first-order valence-corrected chi connectivity index (χ1v) is 5.78. The normalized spacial score (nSPS) is 14.5. The first-order valence-electron chi connectivity index (χ1n) is 5.78. The summed E-state index contributed by atoms with van der Waals surface area (Å²) in [6, 6.07) is 1.78. The van der Waals surface area contributed by atoms with Gasteiger partial charge in [-0.15, -0.1) is 0 Å². The van der Waals surface area contributed by atoms with Crippen molar-refractivity contribution in [3.63, 3.8) is 0 Å². The minimum Gasteiger partial charge on any atom is -0.481 e. The largest absolute Gasteiger partial charge is 0.481 e. The minimum atomic E-state index is -0.0292. The SMILES string of the molecule is CCCC(C)CC(N)c1cc(OC)ncn1. The molecule has 0 aliphatic rings. The summed E-state index contributed by atoms with van der Waals surface area (Å²) in [4.78, 5) is 8.15. The van der Waals surface area contributed by atoms with Gasteiger partial charge in [0, 0.05) is 12.1 Å². The van der Waals surface area contributed by atoms with Crippen molar-refractivity contribution in [2.45, 2.75) is 39.2 Å². The molecule has 0 aromatic carbocycles. The molecule has 2 atom stereocenters. The quantitative estimate of drug-likeness (QED) is 0.804. The van der Waals surface area contributed by atoms with Gasteiger partial charge in [-0.2, -0.15) is 0 Å². The van der Waals surface area contributed by atoms with Gasteiger partial charge < -0.3 is 10.5 Å². The summed E-state index contributed by atoms with van der Waals surface area (Å²) in [6.45, 7) is 4.41. The third-order valence-electron chi connectivity index (χ3n) is 2.69. The molecule has 0 amide bonds. The van der Waals surface area contributed by atoms with E-state index in [9.17, 15) is 0 Å². The van der Waals surface area contributed by atoms with Crippen LogP contribution in [0.15, 0.2) is 12.4 Å². The highest BCUT2D eigenvalue weighted by Gasteiger charge is 2.12. The Morgan fingerprint density at radius 1 is 1.44 bits per heavy atom. The van der Waals surface area contributed by atoms with Gasteiger partial charge in [-0.3, -0.25) is 0 Å². The highest BCUT2D eigenvalue weighted by Crippen LogP contribution is 2.21. The van der Waals surface area contributed by atoms with Gasteiger partial charge in [0.1, 0.15) is 6.33 Å². The number of hydrogen-bond acceptors (Lipinski definition) is 4. The van der Waals surface area contributed by atoms with Crippen LogP contribution in [0.3, 0.4) is 0 Å². The molecule has 1 aromatic heterocycles. The van der Waals surface area contributed by atoms with Crippen LogP contribution < -0.4 is 10.5 Å². The van der Waals surface area contributed by atoms with Crippen LogP contribution in [0.4, 0.5) is 0 Å². The molecule has 1 aromatic rings. The molecule has 0 bridgehead atoms. The number of methoxy groups -OCH3 is 1. The highest BCUT2D eigenvalue weighted by atomic mass is 16.5. The summed E-state index contributed by atoms with van der Waals surface area (Å²) in [6.07, 6.45) is 4.85. The van der Waals surface area contributed by atoms with Crippen molar-refractivity contribution in [1.82, 2.24) is 9.97 Å². The van der Waals surface area contributed by atoms with Crippen LogP contribution in [0.1, 0.15) is 44.8 Å². The van der Waals surface area contributed by atoms with Crippen LogP contribution in [0.2, 0.25) is 0 Å². The van der Waals surface area contributed by atoms with Crippen molar-refractivity contribution < 1.29 is 4.74 Å². The van der Waals surface area contributed by atoms with E-state index in [-0.39, 0.29) is 6.04 Å². The van der Waals surface area contributed by atoms with Crippen LogP contribution in [-0.2, 0) is 0 Å². The fourth-order valence-corrected chi connectivity index (χ4v) is 1.83. The monoisotopic (exact) mass is 223 g/mol. The topological polar surface area (TPSA) is 61.0 Å². The molecule has 0 aliphatic heterocycles. The molecule has 0 fully saturated rings. The Labute approximate surface area is 97.2 Å². The van der Waals surface area contributed by atoms with Crippen LogP contribution >= 0.6 is 0 Å². The Kier molecular flexibility index (Phi) is 5.19. The molecule has 16 heavy (non-hydrogen) atoms. The molecule has 4 heteroatoms. The van der Waals surface area contributed by atoms with E-state index >= 15 is 0 Å². The number of rotatable bonds is 6. The van der Waals surface area contributed by atoms with Gasteiger partial charge in [0.2, 0.25) is 5.88 Å². The van der Waals surface area contributed by atoms with E-state index in [1.165, 1.54) is 19.2 Å². The van der Waals surface area contributed by atoms with Crippen molar-refractivity contribution in [2.75, 3.05) is 7.11 Å². The lowest BCUT2D eigenvalue weighted by molar-refractivity contribution is 0.392. The summed E-state index contributed by atoms with van der Waals surface area (Å²) >= 11 is 0. The number of hydrogen-bond donors (Lipinski definition) is 1. The molecule has 2 N–H and O–H groups in total. The molecule has 0 radical (unpaired) electrons. The maximum absolute atomic E-state index is 6.10. The lowest BCUT2D eigenvalue weighted by Crippen LogP contribution is -2.15. The van der Waals surface area contributed by atoms with Gasteiger partial charge in [-0.05, 0) is 12.3 Å². The Balaban J connectivity index is 2.61. The van der Waals surface area contributed by atoms with Gasteiger partial charge in [0.15, 0.2) is 0 Å². The average Bonchev–Trinajstić information content (AvgIpc) is 2.29. The van der Waals surface area contributed by atoms with Crippen molar-refractivity contribution >= 4 is 0 Å². The lowest BCUT2D eigenvalue weighted by Gasteiger charge is -2.16. The average molecular weight is 223 g/mol. The zero-order valence-electron chi connectivity index (χ0n) is 10.3. The first kappa shape index (κ1) is 12.9. The van der Waals surface area contributed by atoms with E-state index in [1.54, 1.807) is 7.11 Å². The van der Waals surface area contributed by atoms with Crippen molar-refractivity contribution in [2.24, 2.45) is 11.7 Å². The van der Waals surface area contributed by atoms with E-state index in [0.29, 0.717) is 11.8 Å². The summed E-state index contributed by atoms with van der Waals surface area (Å²) < 4.78 is 5.05. The molecule has 1 rings (SSSR count). The molecule has 4 nitrogen and oxygen atoms in total. The summed E-state index contributed by atoms with van der Waals surface area (Å²) in [5.41, 5.74) is 6.96. The lowest BCUT2D eigenvalue weighted by atomic mass is 9.96. The second-order valence-electron chi connectivity index (χ2n) is 4.22. The third-order valence-corrected chi connectivity index (χ3v) is 2.69. The van der Waals surface area contributed by atoms with E-state index < -0.39 is 0 Å². The van der Waals surface area contributed by atoms with Crippen molar-refractivity contribution in [3.05, 3.63) is 18.1 Å². The molecule has 2 unspecified atom stereocenters. The molecule has 0 saturated heterocycles. The van der Waals surface area contributed by atoms with E-state index in [1.807, 2.05) is 6.07 Å². The van der Waals surface area contributed by atoms with Crippen LogP contribution in [0.5, 0.6) is 5.88 Å². The number of ether oxygens (including phenoxy) is 1. The third kappa shape index (κ3) is 3.77. The Morgan fingerprint density at radius 3 is 2.81 bits per heavy atom. The van der Waals surface area contributed by atoms with Gasteiger partial charge in [0.25, 0.3) is 0 Å². The van der Waals surface area contributed by atoms with Gasteiger partial charge in [-0.1, -0.05) is 26.7 Å². The molecular formula is C12H21N3O. The summed E-state index contributed by atoms with van der Waals surface area (Å²) in [5, 5.41) is 0. The van der Waals surface area contributed by atoms with E-state index in [0.717, 1.165) is 12.1 Å². The highest BCUT2D eigenvalue weighted by molar-refractivity contribution is 5.16. The molecule has 0 aliphatic carbocycles. The van der Waals surface area contributed by atoms with Crippen molar-refractivity contribution in [3.8, 4) is 5.88 Å². The molecule has 0 saturated carbocycles. The molecule has 90 valence electrons. The predicted molar refractivity (Wildman–Crippen MR) is 64.2 cm³/mol. The van der Waals surface area contributed by atoms with Crippen molar-refractivity contribution in [1.29, 1.82) is 0 Å². The van der Waals surface area contributed by atoms with Gasteiger partial charge in [-0.25, -0.2) is 9.97 Å².